The van der Waals surface area contributed by atoms with Crippen molar-refractivity contribution < 1.29 is 9.72 Å². The minimum atomic E-state index is -0.620. The summed E-state index contributed by atoms with van der Waals surface area (Å²) in [6.07, 6.45) is 1.28. The van der Waals surface area contributed by atoms with E-state index >= 15 is 0 Å². The van der Waals surface area contributed by atoms with Crippen molar-refractivity contribution in [2.24, 2.45) is 0 Å². The number of carbonyl (C=O) groups is 1. The second-order valence-electron chi connectivity index (χ2n) is 5.62. The van der Waals surface area contributed by atoms with Crippen molar-refractivity contribution >= 4 is 44.8 Å². The number of benzene rings is 2. The van der Waals surface area contributed by atoms with E-state index in [9.17, 15) is 14.9 Å². The van der Waals surface area contributed by atoms with E-state index in [1.807, 2.05) is 36.4 Å². The van der Waals surface area contributed by atoms with Crippen LogP contribution in [-0.4, -0.2) is 20.8 Å². The Morgan fingerprint density at radius 1 is 1.04 bits per heavy atom. The highest BCUT2D eigenvalue weighted by Gasteiger charge is 2.24. The summed E-state index contributed by atoms with van der Waals surface area (Å²) in [7, 11) is 0. The molecular formula is C18H15BrN6O3. The smallest absolute Gasteiger partial charge is 0.333 e. The van der Waals surface area contributed by atoms with Gasteiger partial charge >= 0.3 is 5.69 Å². The van der Waals surface area contributed by atoms with Gasteiger partial charge in [0.2, 0.25) is 17.5 Å². The van der Waals surface area contributed by atoms with Gasteiger partial charge < -0.3 is 5.32 Å². The Morgan fingerprint density at radius 3 is 2.43 bits per heavy atom. The van der Waals surface area contributed by atoms with Crippen LogP contribution in [0, 0.1) is 10.1 Å². The quantitative estimate of drug-likeness (QED) is 0.377. The molecule has 2 aromatic carbocycles. The molecule has 10 heteroatoms. The Hall–Kier alpha value is -3.53. The van der Waals surface area contributed by atoms with Gasteiger partial charge in [-0.1, -0.05) is 42.5 Å². The Bertz CT molecular complexity index is 1000. The maximum absolute atomic E-state index is 12.1. The average Bonchev–Trinajstić information content (AvgIpc) is 2.69. The molecule has 3 rings (SSSR count). The average molecular weight is 443 g/mol. The van der Waals surface area contributed by atoms with E-state index in [2.05, 4.69) is 42.1 Å². The molecule has 0 radical (unpaired) electrons. The third-order valence-corrected chi connectivity index (χ3v) is 4.35. The lowest BCUT2D eigenvalue weighted by Crippen LogP contribution is -2.31. The van der Waals surface area contributed by atoms with Crippen LogP contribution in [0.15, 0.2) is 65.4 Å². The fourth-order valence-corrected chi connectivity index (χ4v) is 2.76. The molecule has 0 aliphatic rings. The molecular weight excluding hydrogens is 428 g/mol. The van der Waals surface area contributed by atoms with E-state index in [1.54, 1.807) is 18.2 Å². The molecule has 1 amide bonds. The zero-order chi connectivity index (χ0) is 19.9. The molecule has 9 nitrogen and oxygen atoms in total. The van der Waals surface area contributed by atoms with Crippen LogP contribution in [0.4, 0.5) is 23.0 Å². The summed E-state index contributed by atoms with van der Waals surface area (Å²) in [6.45, 7) is 0. The molecule has 28 heavy (non-hydrogen) atoms. The third kappa shape index (κ3) is 4.80. The van der Waals surface area contributed by atoms with E-state index in [4.69, 9.17) is 0 Å². The van der Waals surface area contributed by atoms with Crippen LogP contribution in [0.3, 0.4) is 0 Å². The number of anilines is 3. The Kier molecular flexibility index (Phi) is 6.12. The summed E-state index contributed by atoms with van der Waals surface area (Å²) >= 11 is 3.37. The Labute approximate surface area is 168 Å². The van der Waals surface area contributed by atoms with Gasteiger partial charge in [-0.25, -0.2) is 9.97 Å². The van der Waals surface area contributed by atoms with E-state index in [1.165, 1.54) is 0 Å². The summed E-state index contributed by atoms with van der Waals surface area (Å²) in [6, 6.07) is 16.3. The van der Waals surface area contributed by atoms with Gasteiger partial charge in [0.15, 0.2) is 0 Å². The van der Waals surface area contributed by atoms with Gasteiger partial charge in [0.05, 0.1) is 17.0 Å². The number of hydrazine groups is 1. The normalized spacial score (nSPS) is 10.2. The molecule has 0 fully saturated rings. The van der Waals surface area contributed by atoms with Crippen LogP contribution in [-0.2, 0) is 11.2 Å². The van der Waals surface area contributed by atoms with E-state index in [0.717, 1.165) is 11.9 Å². The number of nitrogens with one attached hydrogen (secondary N) is 3. The first-order valence-corrected chi connectivity index (χ1v) is 8.93. The first-order chi connectivity index (χ1) is 13.5. The van der Waals surface area contributed by atoms with Crippen molar-refractivity contribution in [2.45, 2.75) is 6.42 Å². The zero-order valence-electron chi connectivity index (χ0n) is 14.4. The third-order valence-electron chi connectivity index (χ3n) is 3.66. The largest absolute Gasteiger partial charge is 0.355 e. The number of hydrogen-bond acceptors (Lipinski definition) is 7. The SMILES string of the molecule is O=C(Cc1ccccc1)NNc1ncnc(Nc2ccccc2Br)c1[N+](=O)[O-]. The van der Waals surface area contributed by atoms with Crippen LogP contribution in [0.1, 0.15) is 5.56 Å². The monoisotopic (exact) mass is 442 g/mol. The summed E-state index contributed by atoms with van der Waals surface area (Å²) < 4.78 is 0.716. The minimum Gasteiger partial charge on any atom is -0.333 e. The van der Waals surface area contributed by atoms with Crippen LogP contribution in [0.5, 0.6) is 0 Å². The summed E-state index contributed by atoms with van der Waals surface area (Å²) in [5.41, 5.74) is 5.96. The van der Waals surface area contributed by atoms with E-state index in [-0.39, 0.29) is 24.0 Å². The molecule has 0 unspecified atom stereocenters. The van der Waals surface area contributed by atoms with Crippen molar-refractivity contribution in [1.82, 2.24) is 15.4 Å². The highest BCUT2D eigenvalue weighted by Crippen LogP contribution is 2.32. The zero-order valence-corrected chi connectivity index (χ0v) is 16.0. The van der Waals surface area contributed by atoms with Crippen molar-refractivity contribution in [3.05, 3.63) is 81.1 Å². The van der Waals surface area contributed by atoms with Gasteiger partial charge in [-0.3, -0.25) is 25.8 Å². The first kappa shape index (κ1) is 19.2. The second-order valence-corrected chi connectivity index (χ2v) is 6.47. The maximum Gasteiger partial charge on any atom is 0.355 e. The fraction of sp³-hybridized carbons (Fsp3) is 0.0556. The molecule has 0 spiro atoms. The number of carbonyl (C=O) groups excluding carboxylic acids is 1. The molecule has 1 aromatic heterocycles. The lowest BCUT2D eigenvalue weighted by atomic mass is 10.1. The predicted octanol–water partition coefficient (Wildman–Crippen LogP) is 3.58. The molecule has 0 atom stereocenters. The Balaban J connectivity index is 1.76. The number of nitrogens with zero attached hydrogens (tertiary/aromatic N) is 3. The van der Waals surface area contributed by atoms with E-state index < -0.39 is 10.6 Å². The lowest BCUT2D eigenvalue weighted by molar-refractivity contribution is -0.383. The number of aromatic nitrogens is 2. The summed E-state index contributed by atoms with van der Waals surface area (Å²) in [4.78, 5) is 30.9. The van der Waals surface area contributed by atoms with Crippen LogP contribution in [0.2, 0.25) is 0 Å². The number of halogens is 1. The Morgan fingerprint density at radius 2 is 1.71 bits per heavy atom. The summed E-state index contributed by atoms with van der Waals surface area (Å²) in [5.74, 6) is -0.498. The van der Waals surface area contributed by atoms with Crippen molar-refractivity contribution in [3.8, 4) is 0 Å². The number of rotatable bonds is 7. The number of para-hydroxylation sites is 1. The molecule has 0 aliphatic heterocycles. The standard InChI is InChI=1S/C18H15BrN6O3/c19-13-8-4-5-9-14(13)22-17-16(25(27)28)18(21-11-20-17)24-23-15(26)10-12-6-2-1-3-7-12/h1-9,11H,10H2,(H,23,26)(H2,20,21,22,24). The number of hydrogen-bond donors (Lipinski definition) is 3. The predicted molar refractivity (Wildman–Crippen MR) is 108 cm³/mol. The van der Waals surface area contributed by atoms with Gasteiger partial charge in [-0.05, 0) is 33.6 Å². The van der Waals surface area contributed by atoms with Crippen molar-refractivity contribution in [2.75, 3.05) is 10.7 Å². The highest BCUT2D eigenvalue weighted by atomic mass is 79.9. The molecule has 142 valence electrons. The number of amides is 1. The van der Waals surface area contributed by atoms with Gasteiger partial charge in [0, 0.05) is 4.47 Å². The van der Waals surface area contributed by atoms with Crippen molar-refractivity contribution in [1.29, 1.82) is 0 Å². The van der Waals surface area contributed by atoms with Gasteiger partial charge in [-0.2, -0.15) is 0 Å². The van der Waals surface area contributed by atoms with Crippen LogP contribution < -0.4 is 16.2 Å². The van der Waals surface area contributed by atoms with Crippen molar-refractivity contribution in [3.63, 3.8) is 0 Å². The van der Waals surface area contributed by atoms with Crippen LogP contribution >= 0.6 is 15.9 Å². The lowest BCUT2D eigenvalue weighted by Gasteiger charge is -2.11. The van der Waals surface area contributed by atoms with E-state index in [0.29, 0.717) is 10.2 Å². The topological polar surface area (TPSA) is 122 Å². The number of nitro groups is 1. The van der Waals surface area contributed by atoms with Gasteiger partial charge in [0.1, 0.15) is 6.33 Å². The van der Waals surface area contributed by atoms with Gasteiger partial charge in [-0.15, -0.1) is 0 Å². The molecule has 0 bridgehead atoms. The van der Waals surface area contributed by atoms with Crippen LogP contribution in [0.25, 0.3) is 0 Å². The highest BCUT2D eigenvalue weighted by molar-refractivity contribution is 9.10. The summed E-state index contributed by atoms with van der Waals surface area (Å²) in [5, 5.41) is 14.5. The minimum absolute atomic E-state index is 0.00768. The first-order valence-electron chi connectivity index (χ1n) is 8.14. The maximum atomic E-state index is 12.1. The molecule has 1 heterocycles. The fourth-order valence-electron chi connectivity index (χ4n) is 2.38. The van der Waals surface area contributed by atoms with Gasteiger partial charge in [0.25, 0.3) is 0 Å². The molecule has 3 N–H and O–H groups in total. The molecule has 0 aliphatic carbocycles. The molecule has 0 saturated carbocycles. The molecule has 3 aromatic rings. The second kappa shape index (κ2) is 8.91. The molecule has 0 saturated heterocycles.